The zero-order valence-corrected chi connectivity index (χ0v) is 11.3. The fraction of sp³-hybridized carbons (Fsp3) is 0.286. The first-order valence-electron chi connectivity index (χ1n) is 6.20. The second-order valence-corrected chi connectivity index (χ2v) is 4.72. The van der Waals surface area contributed by atoms with E-state index < -0.39 is 0 Å². The zero-order chi connectivity index (χ0) is 13.6. The highest BCUT2D eigenvalue weighted by molar-refractivity contribution is 5.88. The Morgan fingerprint density at radius 2 is 2.11 bits per heavy atom. The highest BCUT2D eigenvalue weighted by atomic mass is 16.5. The van der Waals surface area contributed by atoms with Crippen molar-refractivity contribution in [1.82, 2.24) is 14.7 Å². The summed E-state index contributed by atoms with van der Waals surface area (Å²) in [4.78, 5) is 4.26. The topological polar surface area (TPSA) is 69.9 Å². The second-order valence-electron chi connectivity index (χ2n) is 4.72. The van der Waals surface area contributed by atoms with Crippen LogP contribution in [0.1, 0.15) is 17.1 Å². The molecule has 3 rings (SSSR count). The molecule has 2 aromatic heterocycles. The Morgan fingerprint density at radius 3 is 2.79 bits per heavy atom. The van der Waals surface area contributed by atoms with Gasteiger partial charge < -0.3 is 14.8 Å². The van der Waals surface area contributed by atoms with E-state index in [0.29, 0.717) is 11.7 Å². The van der Waals surface area contributed by atoms with Gasteiger partial charge in [0.05, 0.1) is 6.54 Å². The molecule has 0 radical (unpaired) electrons. The maximum atomic E-state index is 5.48. The SMILES string of the molecule is Cc1c(C)n(C)c2ccc(-c3noc(CN)n3)cc12. The molecule has 0 fully saturated rings. The molecular formula is C14H16N4O. The molecule has 5 heteroatoms. The molecule has 3 aromatic rings. The van der Waals surface area contributed by atoms with Gasteiger partial charge in [-0.05, 0) is 37.6 Å². The van der Waals surface area contributed by atoms with Crippen molar-refractivity contribution >= 4 is 10.9 Å². The van der Waals surface area contributed by atoms with Gasteiger partial charge in [-0.1, -0.05) is 5.16 Å². The molecule has 0 saturated carbocycles. The molecule has 2 N–H and O–H groups in total. The van der Waals surface area contributed by atoms with Crippen molar-refractivity contribution in [1.29, 1.82) is 0 Å². The Balaban J connectivity index is 2.18. The first kappa shape index (κ1) is 11.9. The molecule has 19 heavy (non-hydrogen) atoms. The van der Waals surface area contributed by atoms with Crippen LogP contribution in [0.25, 0.3) is 22.3 Å². The average Bonchev–Trinajstić information content (AvgIpc) is 2.99. The largest absolute Gasteiger partial charge is 0.348 e. The van der Waals surface area contributed by atoms with Gasteiger partial charge >= 0.3 is 0 Å². The van der Waals surface area contributed by atoms with Crippen molar-refractivity contribution in [2.45, 2.75) is 20.4 Å². The van der Waals surface area contributed by atoms with Crippen molar-refractivity contribution in [3.05, 3.63) is 35.3 Å². The monoisotopic (exact) mass is 256 g/mol. The number of rotatable bonds is 2. The average molecular weight is 256 g/mol. The molecule has 5 nitrogen and oxygen atoms in total. The van der Waals surface area contributed by atoms with E-state index in [1.54, 1.807) is 0 Å². The Kier molecular flexibility index (Phi) is 2.64. The summed E-state index contributed by atoms with van der Waals surface area (Å²) < 4.78 is 7.24. The minimum Gasteiger partial charge on any atom is -0.348 e. The molecule has 2 heterocycles. The Hall–Kier alpha value is -2.14. The molecule has 0 spiro atoms. The molecule has 0 aliphatic rings. The lowest BCUT2D eigenvalue weighted by atomic mass is 10.1. The maximum Gasteiger partial charge on any atom is 0.240 e. The molecule has 1 aromatic carbocycles. The van der Waals surface area contributed by atoms with Gasteiger partial charge in [0, 0.05) is 29.2 Å². The molecule has 0 bridgehead atoms. The van der Waals surface area contributed by atoms with Crippen LogP contribution in [0.4, 0.5) is 0 Å². The minimum absolute atomic E-state index is 0.263. The van der Waals surface area contributed by atoms with Crippen LogP contribution in [0.5, 0.6) is 0 Å². The van der Waals surface area contributed by atoms with E-state index in [1.807, 2.05) is 6.07 Å². The van der Waals surface area contributed by atoms with Crippen molar-refractivity contribution < 1.29 is 4.52 Å². The van der Waals surface area contributed by atoms with Crippen LogP contribution < -0.4 is 5.73 Å². The molecule has 0 saturated heterocycles. The number of hydrogen-bond acceptors (Lipinski definition) is 4. The van der Waals surface area contributed by atoms with E-state index in [2.05, 4.69) is 47.7 Å². The summed E-state index contributed by atoms with van der Waals surface area (Å²) in [6.45, 7) is 4.51. The molecule has 0 atom stereocenters. The van der Waals surface area contributed by atoms with Gasteiger partial charge in [-0.15, -0.1) is 0 Å². The fourth-order valence-electron chi connectivity index (χ4n) is 2.35. The van der Waals surface area contributed by atoms with Crippen LogP contribution in [0.15, 0.2) is 22.7 Å². The first-order chi connectivity index (χ1) is 9.11. The maximum absolute atomic E-state index is 5.48. The van der Waals surface area contributed by atoms with Crippen LogP contribution in [-0.2, 0) is 13.6 Å². The Morgan fingerprint density at radius 1 is 1.32 bits per heavy atom. The molecule has 0 aliphatic carbocycles. The fourth-order valence-corrected chi connectivity index (χ4v) is 2.35. The highest BCUT2D eigenvalue weighted by Crippen LogP contribution is 2.28. The quantitative estimate of drug-likeness (QED) is 0.763. The standard InChI is InChI=1S/C14H16N4O/c1-8-9(2)18(3)12-5-4-10(6-11(8)12)14-16-13(7-15)19-17-14/h4-6H,7,15H2,1-3H3. The first-order valence-corrected chi connectivity index (χ1v) is 6.20. The molecule has 0 unspecified atom stereocenters. The van der Waals surface area contributed by atoms with Gasteiger partial charge in [0.2, 0.25) is 11.7 Å². The van der Waals surface area contributed by atoms with Crippen LogP contribution in [0.3, 0.4) is 0 Å². The van der Waals surface area contributed by atoms with Gasteiger partial charge in [-0.2, -0.15) is 4.98 Å². The molecular weight excluding hydrogens is 240 g/mol. The zero-order valence-electron chi connectivity index (χ0n) is 11.3. The van der Waals surface area contributed by atoms with Crippen LogP contribution in [0.2, 0.25) is 0 Å². The number of nitrogens with zero attached hydrogens (tertiary/aromatic N) is 3. The second kappa shape index (κ2) is 4.20. The summed E-state index contributed by atoms with van der Waals surface area (Å²) in [6, 6.07) is 6.19. The summed E-state index contributed by atoms with van der Waals surface area (Å²) in [5.74, 6) is 1.04. The van der Waals surface area contributed by atoms with E-state index in [-0.39, 0.29) is 6.54 Å². The van der Waals surface area contributed by atoms with E-state index in [9.17, 15) is 0 Å². The van der Waals surface area contributed by atoms with Gasteiger partial charge in [0.1, 0.15) is 0 Å². The summed E-state index contributed by atoms with van der Waals surface area (Å²) in [5.41, 5.74) is 10.2. The van der Waals surface area contributed by atoms with Crippen LogP contribution in [-0.4, -0.2) is 14.7 Å². The van der Waals surface area contributed by atoms with Gasteiger partial charge in [-0.25, -0.2) is 0 Å². The summed E-state index contributed by atoms with van der Waals surface area (Å²) in [6.07, 6.45) is 0. The van der Waals surface area contributed by atoms with Crippen LogP contribution in [0, 0.1) is 13.8 Å². The van der Waals surface area contributed by atoms with E-state index >= 15 is 0 Å². The number of aromatic nitrogens is 3. The van der Waals surface area contributed by atoms with Crippen molar-refractivity contribution in [2.75, 3.05) is 0 Å². The van der Waals surface area contributed by atoms with Gasteiger partial charge in [0.25, 0.3) is 0 Å². The third-order valence-electron chi connectivity index (χ3n) is 3.71. The predicted octanol–water partition coefficient (Wildman–Crippen LogP) is 2.30. The van der Waals surface area contributed by atoms with Gasteiger partial charge in [-0.3, -0.25) is 0 Å². The number of hydrogen-bond donors (Lipinski definition) is 1. The summed E-state index contributed by atoms with van der Waals surface area (Å²) in [5, 5.41) is 5.17. The number of fused-ring (bicyclic) bond motifs is 1. The van der Waals surface area contributed by atoms with E-state index in [1.165, 1.54) is 22.2 Å². The van der Waals surface area contributed by atoms with Crippen molar-refractivity contribution in [2.24, 2.45) is 12.8 Å². The molecule has 98 valence electrons. The summed E-state index contributed by atoms with van der Waals surface area (Å²) in [7, 11) is 2.07. The van der Waals surface area contributed by atoms with E-state index in [0.717, 1.165) is 5.56 Å². The Labute approximate surface area is 111 Å². The highest BCUT2D eigenvalue weighted by Gasteiger charge is 2.12. The normalized spacial score (nSPS) is 11.4. The lowest BCUT2D eigenvalue weighted by Gasteiger charge is -1.99. The molecule has 0 aliphatic heterocycles. The van der Waals surface area contributed by atoms with E-state index in [4.69, 9.17) is 10.3 Å². The molecule has 0 amide bonds. The smallest absolute Gasteiger partial charge is 0.240 e. The summed E-state index contributed by atoms with van der Waals surface area (Å²) >= 11 is 0. The minimum atomic E-state index is 0.263. The van der Waals surface area contributed by atoms with Crippen molar-refractivity contribution in [3.8, 4) is 11.4 Å². The van der Waals surface area contributed by atoms with Crippen molar-refractivity contribution in [3.63, 3.8) is 0 Å². The third kappa shape index (κ3) is 1.74. The van der Waals surface area contributed by atoms with Crippen LogP contribution >= 0.6 is 0 Å². The Bertz CT molecular complexity index is 754. The lowest BCUT2D eigenvalue weighted by molar-refractivity contribution is 0.380. The number of aryl methyl sites for hydroxylation is 2. The lowest BCUT2D eigenvalue weighted by Crippen LogP contribution is -1.95. The third-order valence-corrected chi connectivity index (χ3v) is 3.71. The number of benzene rings is 1. The predicted molar refractivity (Wildman–Crippen MR) is 73.6 cm³/mol. The van der Waals surface area contributed by atoms with Gasteiger partial charge in [0.15, 0.2) is 0 Å². The number of nitrogens with two attached hydrogens (primary N) is 1.